The minimum atomic E-state index is -0.00722. The zero-order valence-electron chi connectivity index (χ0n) is 7.32. The van der Waals surface area contributed by atoms with Gasteiger partial charge in [-0.15, -0.1) is 12.4 Å². The molecule has 1 atom stereocenters. The first kappa shape index (κ1) is 10.6. The maximum Gasteiger partial charge on any atom is 0.129 e. The van der Waals surface area contributed by atoms with Crippen molar-refractivity contribution in [3.05, 3.63) is 23.7 Å². The van der Waals surface area contributed by atoms with Crippen molar-refractivity contribution < 1.29 is 9.52 Å². The van der Waals surface area contributed by atoms with Crippen LogP contribution in [0.2, 0.25) is 0 Å². The van der Waals surface area contributed by atoms with Gasteiger partial charge in [0.25, 0.3) is 0 Å². The van der Waals surface area contributed by atoms with Gasteiger partial charge in [-0.05, 0) is 31.5 Å². The first-order valence-electron chi connectivity index (χ1n) is 4.33. The van der Waals surface area contributed by atoms with Crippen LogP contribution in [0.3, 0.4) is 0 Å². The molecular weight excluding hydrogens is 190 g/mol. The third-order valence-electron chi connectivity index (χ3n) is 2.24. The Morgan fingerprint density at radius 1 is 1.54 bits per heavy atom. The van der Waals surface area contributed by atoms with E-state index in [0.717, 1.165) is 18.7 Å². The molecule has 2 rings (SSSR count). The molecule has 2 heterocycles. The summed E-state index contributed by atoms with van der Waals surface area (Å²) >= 11 is 0. The van der Waals surface area contributed by atoms with E-state index in [9.17, 15) is 0 Å². The molecule has 0 unspecified atom stereocenters. The van der Waals surface area contributed by atoms with Crippen LogP contribution < -0.4 is 5.32 Å². The maximum absolute atomic E-state index is 8.78. The van der Waals surface area contributed by atoms with Gasteiger partial charge in [-0.25, -0.2) is 0 Å². The van der Waals surface area contributed by atoms with Crippen molar-refractivity contribution in [2.24, 2.45) is 0 Å². The summed E-state index contributed by atoms with van der Waals surface area (Å²) in [7, 11) is 0. The van der Waals surface area contributed by atoms with E-state index in [0.29, 0.717) is 11.8 Å². The van der Waals surface area contributed by atoms with Crippen molar-refractivity contribution in [2.75, 3.05) is 6.54 Å². The van der Waals surface area contributed by atoms with Crippen LogP contribution in [-0.4, -0.2) is 11.7 Å². The summed E-state index contributed by atoms with van der Waals surface area (Å²) in [5, 5.41) is 12.1. The van der Waals surface area contributed by atoms with Gasteiger partial charge in [-0.3, -0.25) is 0 Å². The molecule has 74 valence electrons. The highest BCUT2D eigenvalue weighted by Crippen LogP contribution is 2.24. The molecule has 1 aromatic heterocycles. The van der Waals surface area contributed by atoms with Crippen LogP contribution in [0.5, 0.6) is 0 Å². The highest BCUT2D eigenvalue weighted by Gasteiger charge is 2.18. The van der Waals surface area contributed by atoms with Crippen LogP contribution in [0.1, 0.15) is 30.4 Å². The molecule has 1 aromatic rings. The summed E-state index contributed by atoms with van der Waals surface area (Å²) in [4.78, 5) is 0. The third kappa shape index (κ3) is 2.24. The normalized spacial score (nSPS) is 21.5. The summed E-state index contributed by atoms with van der Waals surface area (Å²) in [6.45, 7) is 1.06. The number of furan rings is 1. The van der Waals surface area contributed by atoms with E-state index < -0.39 is 0 Å². The Balaban J connectivity index is 0.000000845. The average Bonchev–Trinajstić information content (AvgIpc) is 2.75. The van der Waals surface area contributed by atoms with Gasteiger partial charge in [0.1, 0.15) is 18.1 Å². The highest BCUT2D eigenvalue weighted by atomic mass is 35.5. The standard InChI is InChI=1S/C9H13NO2.ClH/c11-6-7-3-4-9(12-7)8-2-1-5-10-8;/h3-4,8,10-11H,1-2,5-6H2;1H/t8-;/m0./s1. The molecule has 1 saturated heterocycles. The van der Waals surface area contributed by atoms with Crippen molar-refractivity contribution in [3.63, 3.8) is 0 Å². The first-order valence-corrected chi connectivity index (χ1v) is 4.33. The summed E-state index contributed by atoms with van der Waals surface area (Å²) in [5.74, 6) is 1.61. The Morgan fingerprint density at radius 2 is 2.38 bits per heavy atom. The molecule has 0 aromatic carbocycles. The average molecular weight is 204 g/mol. The van der Waals surface area contributed by atoms with Crippen molar-refractivity contribution in [1.29, 1.82) is 0 Å². The van der Waals surface area contributed by atoms with Crippen molar-refractivity contribution in [3.8, 4) is 0 Å². The van der Waals surface area contributed by atoms with Gasteiger partial charge < -0.3 is 14.8 Å². The number of hydrogen-bond acceptors (Lipinski definition) is 3. The lowest BCUT2D eigenvalue weighted by Crippen LogP contribution is -2.11. The van der Waals surface area contributed by atoms with Crippen molar-refractivity contribution in [2.45, 2.75) is 25.5 Å². The van der Waals surface area contributed by atoms with Gasteiger partial charge in [0, 0.05) is 0 Å². The van der Waals surface area contributed by atoms with Crippen LogP contribution in [0.25, 0.3) is 0 Å². The van der Waals surface area contributed by atoms with Gasteiger partial charge >= 0.3 is 0 Å². The number of aliphatic hydroxyl groups is 1. The van der Waals surface area contributed by atoms with E-state index in [1.54, 1.807) is 0 Å². The molecule has 0 aliphatic carbocycles. The van der Waals surface area contributed by atoms with E-state index in [1.807, 2.05) is 12.1 Å². The Kier molecular flexibility index (Phi) is 3.78. The van der Waals surface area contributed by atoms with E-state index in [2.05, 4.69) is 5.32 Å². The monoisotopic (exact) mass is 203 g/mol. The molecule has 0 spiro atoms. The second-order valence-electron chi connectivity index (χ2n) is 3.11. The quantitative estimate of drug-likeness (QED) is 0.768. The van der Waals surface area contributed by atoms with Crippen LogP contribution in [0.15, 0.2) is 16.5 Å². The Hall–Kier alpha value is -0.510. The lowest BCUT2D eigenvalue weighted by Gasteiger charge is -2.04. The fourth-order valence-electron chi connectivity index (χ4n) is 1.59. The zero-order valence-corrected chi connectivity index (χ0v) is 8.14. The lowest BCUT2D eigenvalue weighted by molar-refractivity contribution is 0.240. The molecule has 1 fully saturated rings. The molecule has 3 nitrogen and oxygen atoms in total. The maximum atomic E-state index is 8.78. The lowest BCUT2D eigenvalue weighted by atomic mass is 10.2. The van der Waals surface area contributed by atoms with Crippen molar-refractivity contribution in [1.82, 2.24) is 5.32 Å². The molecular formula is C9H14ClNO2. The van der Waals surface area contributed by atoms with Gasteiger partial charge in [-0.1, -0.05) is 0 Å². The predicted octanol–water partition coefficient (Wildman–Crippen LogP) is 1.62. The van der Waals surface area contributed by atoms with E-state index >= 15 is 0 Å². The smallest absolute Gasteiger partial charge is 0.129 e. The summed E-state index contributed by atoms with van der Waals surface area (Å²) in [6.07, 6.45) is 2.35. The summed E-state index contributed by atoms with van der Waals surface area (Å²) in [6, 6.07) is 4.13. The molecule has 4 heteroatoms. The fourth-order valence-corrected chi connectivity index (χ4v) is 1.59. The van der Waals surface area contributed by atoms with Gasteiger partial charge in [-0.2, -0.15) is 0 Å². The molecule has 1 aliphatic rings. The highest BCUT2D eigenvalue weighted by molar-refractivity contribution is 5.85. The largest absolute Gasteiger partial charge is 0.462 e. The topological polar surface area (TPSA) is 45.4 Å². The Labute approximate surface area is 83.5 Å². The second kappa shape index (κ2) is 4.65. The number of halogens is 1. The molecule has 1 aliphatic heterocycles. The molecule has 0 radical (unpaired) electrons. The third-order valence-corrected chi connectivity index (χ3v) is 2.24. The fraction of sp³-hybridized carbons (Fsp3) is 0.556. The Bertz CT molecular complexity index is 256. The van der Waals surface area contributed by atoms with Gasteiger partial charge in [0.05, 0.1) is 6.04 Å². The minimum Gasteiger partial charge on any atom is -0.462 e. The first-order chi connectivity index (χ1) is 5.90. The Morgan fingerprint density at radius 3 is 2.92 bits per heavy atom. The SMILES string of the molecule is Cl.OCc1ccc([C@@H]2CCCN2)o1. The van der Waals surface area contributed by atoms with Crippen molar-refractivity contribution >= 4 is 12.4 Å². The van der Waals surface area contributed by atoms with Gasteiger partial charge in [0.2, 0.25) is 0 Å². The van der Waals surface area contributed by atoms with E-state index in [-0.39, 0.29) is 19.0 Å². The number of aliphatic hydroxyl groups excluding tert-OH is 1. The summed E-state index contributed by atoms with van der Waals surface area (Å²) < 4.78 is 5.40. The predicted molar refractivity (Wildman–Crippen MR) is 51.9 cm³/mol. The number of nitrogens with one attached hydrogen (secondary N) is 1. The van der Waals surface area contributed by atoms with Crippen LogP contribution in [-0.2, 0) is 6.61 Å². The molecule has 2 N–H and O–H groups in total. The number of rotatable bonds is 2. The van der Waals surface area contributed by atoms with Crippen LogP contribution in [0.4, 0.5) is 0 Å². The molecule has 13 heavy (non-hydrogen) atoms. The molecule has 0 bridgehead atoms. The van der Waals surface area contributed by atoms with Gasteiger partial charge in [0.15, 0.2) is 0 Å². The second-order valence-corrected chi connectivity index (χ2v) is 3.11. The zero-order chi connectivity index (χ0) is 8.39. The number of hydrogen-bond donors (Lipinski definition) is 2. The van der Waals surface area contributed by atoms with Crippen LogP contribution in [0, 0.1) is 0 Å². The van der Waals surface area contributed by atoms with E-state index in [1.165, 1.54) is 6.42 Å². The molecule has 0 saturated carbocycles. The van der Waals surface area contributed by atoms with Crippen LogP contribution >= 0.6 is 12.4 Å². The van der Waals surface area contributed by atoms with E-state index in [4.69, 9.17) is 9.52 Å². The minimum absolute atomic E-state index is 0. The summed E-state index contributed by atoms with van der Waals surface area (Å²) in [5.41, 5.74) is 0. The molecule has 0 amide bonds.